The van der Waals surface area contributed by atoms with E-state index in [4.69, 9.17) is 5.11 Å². The molecule has 3 aliphatic rings. The standard InChI is InChI=1S/C15H23NO3/c17-13(18)9-15(5-1-2-6-15)16-14(19)12-8-10-3-4-11(12)7-10/h10-12H,1-9H2,(H,16,19)(H,17,18). The number of carbonyl (C=O) groups excluding carboxylic acids is 1. The molecule has 2 bridgehead atoms. The zero-order valence-electron chi connectivity index (χ0n) is 11.4. The maximum atomic E-state index is 12.5. The third-order valence-electron chi connectivity index (χ3n) is 5.51. The molecule has 0 saturated heterocycles. The van der Waals surface area contributed by atoms with Crippen LogP contribution in [-0.4, -0.2) is 22.5 Å². The van der Waals surface area contributed by atoms with Crippen molar-refractivity contribution in [3.8, 4) is 0 Å². The van der Waals surface area contributed by atoms with Gasteiger partial charge in [0.1, 0.15) is 0 Å². The molecule has 0 aromatic rings. The Labute approximate surface area is 113 Å². The van der Waals surface area contributed by atoms with Gasteiger partial charge in [0.15, 0.2) is 0 Å². The maximum absolute atomic E-state index is 12.5. The first-order chi connectivity index (χ1) is 9.08. The molecule has 4 heteroatoms. The van der Waals surface area contributed by atoms with E-state index in [0.717, 1.165) is 38.0 Å². The minimum Gasteiger partial charge on any atom is -0.481 e. The van der Waals surface area contributed by atoms with Crippen LogP contribution in [0.25, 0.3) is 0 Å². The molecule has 3 unspecified atom stereocenters. The van der Waals surface area contributed by atoms with Crippen LogP contribution in [-0.2, 0) is 9.59 Å². The lowest BCUT2D eigenvalue weighted by Gasteiger charge is -2.32. The summed E-state index contributed by atoms with van der Waals surface area (Å²) in [6.07, 6.45) is 8.51. The van der Waals surface area contributed by atoms with Crippen molar-refractivity contribution in [2.45, 2.75) is 63.3 Å². The lowest BCUT2D eigenvalue weighted by Crippen LogP contribution is -2.50. The van der Waals surface area contributed by atoms with Crippen LogP contribution in [0.3, 0.4) is 0 Å². The first-order valence-electron chi connectivity index (χ1n) is 7.62. The van der Waals surface area contributed by atoms with Crippen LogP contribution in [0.15, 0.2) is 0 Å². The van der Waals surface area contributed by atoms with E-state index in [1.165, 1.54) is 19.3 Å². The topological polar surface area (TPSA) is 66.4 Å². The largest absolute Gasteiger partial charge is 0.481 e. The van der Waals surface area contributed by atoms with Gasteiger partial charge in [-0.1, -0.05) is 19.3 Å². The molecule has 0 aliphatic heterocycles. The monoisotopic (exact) mass is 265 g/mol. The molecule has 1 amide bonds. The van der Waals surface area contributed by atoms with Crippen LogP contribution in [0.2, 0.25) is 0 Å². The van der Waals surface area contributed by atoms with Crippen LogP contribution in [0.1, 0.15) is 57.8 Å². The van der Waals surface area contributed by atoms with Gasteiger partial charge in [0.2, 0.25) is 5.91 Å². The fraction of sp³-hybridized carbons (Fsp3) is 0.867. The maximum Gasteiger partial charge on any atom is 0.305 e. The molecular formula is C15H23NO3. The minimum atomic E-state index is -0.796. The van der Waals surface area contributed by atoms with E-state index in [2.05, 4.69) is 5.32 Å². The van der Waals surface area contributed by atoms with Crippen molar-refractivity contribution in [2.75, 3.05) is 0 Å². The Balaban J connectivity index is 1.65. The van der Waals surface area contributed by atoms with E-state index in [9.17, 15) is 9.59 Å². The summed E-state index contributed by atoms with van der Waals surface area (Å²) in [6.45, 7) is 0. The van der Waals surface area contributed by atoms with Gasteiger partial charge in [-0.25, -0.2) is 0 Å². The van der Waals surface area contributed by atoms with Crippen molar-refractivity contribution in [1.82, 2.24) is 5.32 Å². The lowest BCUT2D eigenvalue weighted by molar-refractivity contribution is -0.139. The van der Waals surface area contributed by atoms with Crippen LogP contribution in [0.4, 0.5) is 0 Å². The van der Waals surface area contributed by atoms with E-state index in [1.54, 1.807) is 0 Å². The number of carboxylic acids is 1. The Morgan fingerprint density at radius 1 is 1.16 bits per heavy atom. The summed E-state index contributed by atoms with van der Waals surface area (Å²) < 4.78 is 0. The summed E-state index contributed by atoms with van der Waals surface area (Å²) >= 11 is 0. The zero-order chi connectivity index (χ0) is 13.5. The highest BCUT2D eigenvalue weighted by Gasteiger charge is 2.46. The van der Waals surface area contributed by atoms with E-state index < -0.39 is 11.5 Å². The summed E-state index contributed by atoms with van der Waals surface area (Å²) in [5, 5.41) is 12.2. The summed E-state index contributed by atoms with van der Waals surface area (Å²) in [5.41, 5.74) is -0.454. The fourth-order valence-electron chi connectivity index (χ4n) is 4.61. The molecule has 0 heterocycles. The number of rotatable bonds is 4. The van der Waals surface area contributed by atoms with Gasteiger partial charge in [-0.3, -0.25) is 9.59 Å². The Morgan fingerprint density at radius 3 is 2.42 bits per heavy atom. The molecule has 3 saturated carbocycles. The van der Waals surface area contributed by atoms with Crippen molar-refractivity contribution < 1.29 is 14.7 Å². The number of carbonyl (C=O) groups is 2. The lowest BCUT2D eigenvalue weighted by atomic mass is 9.86. The molecule has 3 rings (SSSR count). The van der Waals surface area contributed by atoms with E-state index in [1.807, 2.05) is 0 Å². The average molecular weight is 265 g/mol. The second kappa shape index (κ2) is 4.80. The smallest absolute Gasteiger partial charge is 0.305 e. The molecular weight excluding hydrogens is 242 g/mol. The Kier molecular flexibility index (Phi) is 3.27. The quantitative estimate of drug-likeness (QED) is 0.819. The summed E-state index contributed by atoms with van der Waals surface area (Å²) in [7, 11) is 0. The third-order valence-corrected chi connectivity index (χ3v) is 5.51. The number of aliphatic carboxylic acids is 1. The SMILES string of the molecule is O=C(O)CC1(NC(=O)C2CC3CCC2C3)CCCC1. The molecule has 0 aromatic carbocycles. The molecule has 106 valence electrons. The Hall–Kier alpha value is -1.06. The fourth-order valence-corrected chi connectivity index (χ4v) is 4.61. The number of nitrogens with one attached hydrogen (secondary N) is 1. The zero-order valence-corrected chi connectivity index (χ0v) is 11.4. The predicted octanol–water partition coefficient (Wildman–Crippen LogP) is 2.33. The molecule has 0 spiro atoms. The van der Waals surface area contributed by atoms with E-state index >= 15 is 0 Å². The van der Waals surface area contributed by atoms with Gasteiger partial charge < -0.3 is 10.4 Å². The molecule has 2 N–H and O–H groups in total. The van der Waals surface area contributed by atoms with Crippen LogP contribution in [0.5, 0.6) is 0 Å². The number of hydrogen-bond donors (Lipinski definition) is 2. The highest BCUT2D eigenvalue weighted by Crippen LogP contribution is 2.48. The minimum absolute atomic E-state index is 0.0829. The predicted molar refractivity (Wildman–Crippen MR) is 70.5 cm³/mol. The van der Waals surface area contributed by atoms with Gasteiger partial charge in [0.05, 0.1) is 12.0 Å². The Bertz CT molecular complexity index is 387. The summed E-state index contributed by atoms with van der Waals surface area (Å²) in [5.74, 6) is 0.809. The molecule has 0 radical (unpaired) electrons. The van der Waals surface area contributed by atoms with E-state index in [-0.39, 0.29) is 18.2 Å². The number of fused-ring (bicyclic) bond motifs is 2. The van der Waals surface area contributed by atoms with Gasteiger partial charge in [0, 0.05) is 5.92 Å². The number of amides is 1. The normalized spacial score (nSPS) is 35.5. The highest BCUT2D eigenvalue weighted by molar-refractivity contribution is 5.81. The molecule has 3 fully saturated rings. The van der Waals surface area contributed by atoms with Gasteiger partial charge in [-0.2, -0.15) is 0 Å². The molecule has 0 aromatic heterocycles. The second-order valence-electron chi connectivity index (χ2n) is 6.83. The summed E-state index contributed by atoms with van der Waals surface area (Å²) in [4.78, 5) is 23.5. The third kappa shape index (κ3) is 2.49. The number of carboxylic acid groups (broad SMARTS) is 1. The molecule has 19 heavy (non-hydrogen) atoms. The van der Waals surface area contributed by atoms with Gasteiger partial charge in [-0.05, 0) is 43.9 Å². The van der Waals surface area contributed by atoms with Crippen molar-refractivity contribution in [1.29, 1.82) is 0 Å². The van der Waals surface area contributed by atoms with Crippen molar-refractivity contribution in [2.24, 2.45) is 17.8 Å². The van der Waals surface area contributed by atoms with Crippen LogP contribution >= 0.6 is 0 Å². The summed E-state index contributed by atoms with van der Waals surface area (Å²) in [6, 6.07) is 0. The highest BCUT2D eigenvalue weighted by atomic mass is 16.4. The van der Waals surface area contributed by atoms with Crippen LogP contribution in [0, 0.1) is 17.8 Å². The van der Waals surface area contributed by atoms with Gasteiger partial charge in [-0.15, -0.1) is 0 Å². The first kappa shape index (κ1) is 12.9. The average Bonchev–Trinajstić information content (AvgIpc) is 3.03. The second-order valence-corrected chi connectivity index (χ2v) is 6.83. The first-order valence-corrected chi connectivity index (χ1v) is 7.62. The van der Waals surface area contributed by atoms with Gasteiger partial charge in [0.25, 0.3) is 0 Å². The van der Waals surface area contributed by atoms with Crippen LogP contribution < -0.4 is 5.32 Å². The van der Waals surface area contributed by atoms with E-state index in [0.29, 0.717) is 5.92 Å². The van der Waals surface area contributed by atoms with Crippen molar-refractivity contribution in [3.05, 3.63) is 0 Å². The van der Waals surface area contributed by atoms with Gasteiger partial charge >= 0.3 is 5.97 Å². The van der Waals surface area contributed by atoms with Crippen molar-refractivity contribution in [3.63, 3.8) is 0 Å². The molecule has 3 aliphatic carbocycles. The number of hydrogen-bond acceptors (Lipinski definition) is 2. The molecule has 4 nitrogen and oxygen atoms in total. The molecule has 3 atom stereocenters. The van der Waals surface area contributed by atoms with Crippen molar-refractivity contribution >= 4 is 11.9 Å². The Morgan fingerprint density at radius 2 is 1.89 bits per heavy atom.